The SMILES string of the molecule is c1ccc(-c2cc(-c3ccccc3)nc(-c3cccc(-n4c5ccccc5c5c6sc7ccccc7c6ccc54)c3)n2)cc1.c1ccc(-c2ccc(-c3cccc(-c4cccc(-n5c6ccccc6c6c7oc8ccccc8c7ccc65)c4)c3)cc2)cc1.c1ccc(-c2ccc(-c3cccc(-c4cccc(-n5c6ccccc6c6c7sc8ccccc8c7ccc65)c4)c3)cc2)cc1. The van der Waals surface area contributed by atoms with E-state index in [1.54, 1.807) is 0 Å². The minimum Gasteiger partial charge on any atom is -0.455 e. The summed E-state index contributed by atoms with van der Waals surface area (Å²) in [6.07, 6.45) is 0. The third kappa shape index (κ3) is 13.7. The van der Waals surface area contributed by atoms with Gasteiger partial charge in [-0.3, -0.25) is 0 Å². The summed E-state index contributed by atoms with van der Waals surface area (Å²) in [7, 11) is 0. The van der Waals surface area contributed by atoms with Crippen LogP contribution in [-0.2, 0) is 0 Å². The molecule has 0 spiro atoms. The van der Waals surface area contributed by atoms with Crippen molar-refractivity contribution in [2.75, 3.05) is 0 Å². The quantitative estimate of drug-likeness (QED) is 0.122. The van der Waals surface area contributed by atoms with E-state index in [2.05, 4.69) is 475 Å². The molecule has 8 heteroatoms. The van der Waals surface area contributed by atoms with Gasteiger partial charge in [-0.2, -0.15) is 0 Å². The fraction of sp³-hybridized carbons (Fsp3) is 0. The first-order valence-electron chi connectivity index (χ1n) is 44.8. The molecule has 0 bridgehead atoms. The lowest BCUT2D eigenvalue weighted by Gasteiger charge is -2.12. The van der Waals surface area contributed by atoms with Gasteiger partial charge in [0, 0.05) is 112 Å². The maximum Gasteiger partial charge on any atom is 0.160 e. The second-order valence-electron chi connectivity index (χ2n) is 33.8. The van der Waals surface area contributed by atoms with Gasteiger partial charge in [0.2, 0.25) is 0 Å². The zero-order chi connectivity index (χ0) is 87.1. The number of hydrogen-bond donors (Lipinski definition) is 0. The van der Waals surface area contributed by atoms with Gasteiger partial charge < -0.3 is 18.1 Å². The van der Waals surface area contributed by atoms with E-state index in [-0.39, 0.29) is 0 Å². The highest BCUT2D eigenvalue weighted by Crippen LogP contribution is 2.48. The van der Waals surface area contributed by atoms with Gasteiger partial charge in [-0.25, -0.2) is 9.97 Å². The minimum atomic E-state index is 0.708. The maximum absolute atomic E-state index is 6.49. The largest absolute Gasteiger partial charge is 0.455 e. The van der Waals surface area contributed by atoms with Gasteiger partial charge in [-0.15, -0.1) is 22.7 Å². The molecule has 0 N–H and O–H groups in total. The lowest BCUT2D eigenvalue weighted by molar-refractivity contribution is 0.673. The Balaban J connectivity index is 0.000000106. The Kier molecular flexibility index (Phi) is 19.2. The van der Waals surface area contributed by atoms with Gasteiger partial charge >= 0.3 is 0 Å². The van der Waals surface area contributed by atoms with Crippen molar-refractivity contribution < 1.29 is 4.42 Å². The van der Waals surface area contributed by atoms with Crippen molar-refractivity contribution in [3.8, 4) is 118 Å². The van der Waals surface area contributed by atoms with E-state index < -0.39 is 0 Å². The van der Waals surface area contributed by atoms with Gasteiger partial charge in [0.05, 0.1) is 49.9 Å². The summed E-state index contributed by atoms with van der Waals surface area (Å²) in [6, 6.07) is 171. The monoisotopic (exact) mass is 1720 g/mol. The number of benzene rings is 20. The van der Waals surface area contributed by atoms with Crippen molar-refractivity contribution in [1.29, 1.82) is 0 Å². The van der Waals surface area contributed by atoms with Crippen molar-refractivity contribution in [2.45, 2.75) is 0 Å². The van der Waals surface area contributed by atoms with Crippen LogP contribution in [0.2, 0.25) is 0 Å². The highest BCUT2D eigenvalue weighted by molar-refractivity contribution is 7.27. The van der Waals surface area contributed by atoms with Gasteiger partial charge in [0.25, 0.3) is 0 Å². The third-order valence-corrected chi connectivity index (χ3v) is 28.4. The van der Waals surface area contributed by atoms with Crippen LogP contribution in [0.3, 0.4) is 0 Å². The molecule has 6 nitrogen and oxygen atoms in total. The molecule has 618 valence electrons. The second-order valence-corrected chi connectivity index (χ2v) is 35.9. The summed E-state index contributed by atoms with van der Waals surface area (Å²) in [6.45, 7) is 0. The van der Waals surface area contributed by atoms with Crippen LogP contribution in [0.25, 0.3) is 245 Å². The molecule has 0 aliphatic rings. The Morgan fingerprint density at radius 1 is 0.182 bits per heavy atom. The average molecular weight is 1720 g/mol. The highest BCUT2D eigenvalue weighted by atomic mass is 32.1. The molecular weight excluding hydrogens is 1640 g/mol. The first-order chi connectivity index (χ1) is 65.4. The Morgan fingerprint density at radius 2 is 0.477 bits per heavy atom. The third-order valence-electron chi connectivity index (χ3n) is 26.0. The van der Waals surface area contributed by atoms with E-state index in [0.717, 1.165) is 72.3 Å². The molecule has 0 atom stereocenters. The summed E-state index contributed by atoms with van der Waals surface area (Å²) in [4.78, 5) is 10.2. The molecule has 27 aromatic rings. The first kappa shape index (κ1) is 77.5. The van der Waals surface area contributed by atoms with Gasteiger partial charge in [-0.1, -0.05) is 364 Å². The molecular formula is C124H79N5OS2. The Morgan fingerprint density at radius 3 is 0.909 bits per heavy atom. The predicted octanol–water partition coefficient (Wildman–Crippen LogP) is 34.8. The topological polar surface area (TPSA) is 53.7 Å². The zero-order valence-electron chi connectivity index (χ0n) is 71.6. The van der Waals surface area contributed by atoms with Crippen LogP contribution in [0.4, 0.5) is 0 Å². The summed E-state index contributed by atoms with van der Waals surface area (Å²) < 4.78 is 19.0. The number of rotatable bonds is 12. The van der Waals surface area contributed by atoms with E-state index in [1.165, 1.54) is 167 Å². The molecule has 0 fully saturated rings. The van der Waals surface area contributed by atoms with Crippen molar-refractivity contribution >= 4 is 150 Å². The Hall–Kier alpha value is -16.9. The molecule has 7 heterocycles. The molecule has 0 amide bonds. The minimum absolute atomic E-state index is 0.708. The van der Waals surface area contributed by atoms with E-state index in [0.29, 0.717) is 5.82 Å². The average Bonchev–Trinajstić information content (AvgIpc) is 1.57. The molecule has 20 aromatic carbocycles. The van der Waals surface area contributed by atoms with Crippen molar-refractivity contribution in [3.63, 3.8) is 0 Å². The van der Waals surface area contributed by atoms with Crippen molar-refractivity contribution in [3.05, 3.63) is 479 Å². The van der Waals surface area contributed by atoms with Crippen LogP contribution >= 0.6 is 22.7 Å². The van der Waals surface area contributed by atoms with E-state index in [9.17, 15) is 0 Å². The number of thiophene rings is 2. The van der Waals surface area contributed by atoms with Crippen LogP contribution in [0.15, 0.2) is 484 Å². The van der Waals surface area contributed by atoms with Crippen LogP contribution in [0, 0.1) is 0 Å². The van der Waals surface area contributed by atoms with Crippen molar-refractivity contribution in [2.24, 2.45) is 0 Å². The van der Waals surface area contributed by atoms with Crippen LogP contribution in [0.1, 0.15) is 0 Å². The van der Waals surface area contributed by atoms with Gasteiger partial charge in [0.1, 0.15) is 11.2 Å². The number of hydrogen-bond acceptors (Lipinski definition) is 5. The standard InChI is InChI=1S/C42H27NO.C42H27NS.C40H25N3S/c2*1-2-10-28(11-3-1)29-20-22-30(23-21-29)31-12-8-13-32(26-31)33-14-9-15-34(27-33)43-38-18-6-4-17-37(38)41-39(43)25-24-36-35-16-5-7-19-40(35)44-42(36)41;1-3-12-26(13-4-1)33-25-34(27-14-5-2-6-15-27)42-40(41-33)28-16-11-17-29(24-28)43-35-20-9-7-19-32(35)38-36(43)23-22-31-30-18-8-10-21-37(30)44-39(31)38/h2*1-27H;1-25H. The fourth-order valence-corrected chi connectivity index (χ4v) is 22.3. The second kappa shape index (κ2) is 32.8. The van der Waals surface area contributed by atoms with Gasteiger partial charge in [0.15, 0.2) is 5.82 Å². The maximum atomic E-state index is 6.49. The van der Waals surface area contributed by atoms with Gasteiger partial charge in [-0.05, 0) is 182 Å². The molecule has 0 saturated heterocycles. The lowest BCUT2D eigenvalue weighted by atomic mass is 9.97. The normalized spacial score (nSPS) is 11.6. The molecule has 0 aliphatic heterocycles. The van der Waals surface area contributed by atoms with E-state index >= 15 is 0 Å². The number of nitrogens with zero attached hydrogens (tertiary/aromatic N) is 5. The summed E-state index contributed by atoms with van der Waals surface area (Å²) in [5.41, 5.74) is 31.9. The highest BCUT2D eigenvalue weighted by Gasteiger charge is 2.24. The first-order valence-corrected chi connectivity index (χ1v) is 46.4. The predicted molar refractivity (Wildman–Crippen MR) is 560 cm³/mol. The smallest absolute Gasteiger partial charge is 0.160 e. The Bertz CT molecular complexity index is 8720. The molecule has 132 heavy (non-hydrogen) atoms. The molecule has 0 aliphatic carbocycles. The molecule has 0 unspecified atom stereocenters. The van der Waals surface area contributed by atoms with Crippen LogP contribution < -0.4 is 0 Å². The van der Waals surface area contributed by atoms with Crippen LogP contribution in [0.5, 0.6) is 0 Å². The molecule has 7 aromatic heterocycles. The molecule has 27 rings (SSSR count). The summed E-state index contributed by atoms with van der Waals surface area (Å²) >= 11 is 3.78. The molecule has 0 saturated carbocycles. The number of furan rings is 1. The number of fused-ring (bicyclic) bond motifs is 21. The summed E-state index contributed by atoms with van der Waals surface area (Å²) in [5, 5.41) is 15.2. The van der Waals surface area contributed by atoms with Crippen molar-refractivity contribution in [1.82, 2.24) is 23.7 Å². The van der Waals surface area contributed by atoms with Crippen LogP contribution in [-0.4, -0.2) is 23.7 Å². The Labute approximate surface area is 769 Å². The summed E-state index contributed by atoms with van der Waals surface area (Å²) in [5.74, 6) is 0.708. The lowest BCUT2D eigenvalue weighted by Crippen LogP contribution is -1.98. The fourth-order valence-electron chi connectivity index (χ4n) is 19.8. The van der Waals surface area contributed by atoms with E-state index in [4.69, 9.17) is 14.4 Å². The van der Waals surface area contributed by atoms with E-state index in [1.807, 2.05) is 40.9 Å². The zero-order valence-corrected chi connectivity index (χ0v) is 73.2. The number of aromatic nitrogens is 5. The number of para-hydroxylation sites is 4. The molecule has 0 radical (unpaired) electrons.